The lowest BCUT2D eigenvalue weighted by atomic mass is 10.2. The Morgan fingerprint density at radius 3 is 3.00 bits per heavy atom. The van der Waals surface area contributed by atoms with Gasteiger partial charge in [0.15, 0.2) is 6.23 Å². The van der Waals surface area contributed by atoms with Crippen LogP contribution in [0.4, 0.5) is 5.82 Å². The summed E-state index contributed by atoms with van der Waals surface area (Å²) in [6, 6.07) is 6.39. The van der Waals surface area contributed by atoms with Crippen LogP contribution in [0.1, 0.15) is 32.4 Å². The van der Waals surface area contributed by atoms with Crippen molar-refractivity contribution in [2.45, 2.75) is 38.5 Å². The highest BCUT2D eigenvalue weighted by molar-refractivity contribution is 5.89. The summed E-state index contributed by atoms with van der Waals surface area (Å²) >= 11 is 0. The Bertz CT molecular complexity index is 929. The van der Waals surface area contributed by atoms with Crippen LogP contribution in [0.3, 0.4) is 0 Å². The van der Waals surface area contributed by atoms with E-state index in [0.717, 1.165) is 73.9 Å². The van der Waals surface area contributed by atoms with Gasteiger partial charge in [0.1, 0.15) is 17.0 Å². The average molecular weight is 368 g/mol. The van der Waals surface area contributed by atoms with Gasteiger partial charge in [-0.25, -0.2) is 9.67 Å². The molecule has 8 heteroatoms. The van der Waals surface area contributed by atoms with Crippen LogP contribution in [0.2, 0.25) is 0 Å². The van der Waals surface area contributed by atoms with Crippen molar-refractivity contribution in [3.05, 3.63) is 24.4 Å². The second kappa shape index (κ2) is 6.94. The van der Waals surface area contributed by atoms with Crippen molar-refractivity contribution in [1.29, 1.82) is 0 Å². The second-order valence-electron chi connectivity index (χ2n) is 7.24. The monoisotopic (exact) mass is 368 g/mol. The predicted molar refractivity (Wildman–Crippen MR) is 102 cm³/mol. The lowest BCUT2D eigenvalue weighted by molar-refractivity contribution is -0.0383. The first-order chi connectivity index (χ1) is 13.3. The van der Waals surface area contributed by atoms with Crippen LogP contribution < -0.4 is 4.90 Å². The number of H-pyrrole nitrogens is 1. The number of rotatable bonds is 3. The number of aromatic nitrogens is 5. The van der Waals surface area contributed by atoms with E-state index in [1.807, 2.05) is 29.1 Å². The summed E-state index contributed by atoms with van der Waals surface area (Å²) in [5, 5.41) is 12.2. The maximum Gasteiger partial charge on any atom is 0.150 e. The first-order valence-corrected chi connectivity index (χ1v) is 9.66. The van der Waals surface area contributed by atoms with Crippen LogP contribution in [0, 0.1) is 0 Å². The van der Waals surface area contributed by atoms with Gasteiger partial charge in [0.05, 0.1) is 30.5 Å². The smallest absolute Gasteiger partial charge is 0.150 e. The first-order valence-electron chi connectivity index (χ1n) is 9.66. The number of hydrogen-bond donors (Lipinski definition) is 1. The normalized spacial score (nSPS) is 23.8. The summed E-state index contributed by atoms with van der Waals surface area (Å²) in [4.78, 5) is 7.24. The number of morpholine rings is 1. The topological polar surface area (TPSA) is 81.1 Å². The van der Waals surface area contributed by atoms with Crippen molar-refractivity contribution >= 4 is 16.9 Å². The van der Waals surface area contributed by atoms with Gasteiger partial charge in [-0.3, -0.25) is 5.10 Å². The van der Waals surface area contributed by atoms with E-state index in [4.69, 9.17) is 14.5 Å². The van der Waals surface area contributed by atoms with Crippen molar-refractivity contribution in [2.75, 3.05) is 31.3 Å². The highest BCUT2D eigenvalue weighted by atomic mass is 16.5. The first kappa shape index (κ1) is 16.7. The Labute approximate surface area is 157 Å². The molecular weight excluding hydrogens is 344 g/mol. The molecule has 0 aromatic carbocycles. The molecule has 5 rings (SSSR count). The van der Waals surface area contributed by atoms with E-state index in [2.05, 4.69) is 27.1 Å². The average Bonchev–Trinajstić information content (AvgIpc) is 3.35. The Morgan fingerprint density at radius 1 is 1.19 bits per heavy atom. The molecule has 0 spiro atoms. The van der Waals surface area contributed by atoms with Gasteiger partial charge in [-0.1, -0.05) is 0 Å². The molecule has 1 unspecified atom stereocenters. The number of hydrogen-bond acceptors (Lipinski definition) is 6. The second-order valence-corrected chi connectivity index (χ2v) is 7.24. The van der Waals surface area contributed by atoms with Crippen LogP contribution in [-0.2, 0) is 9.47 Å². The molecule has 3 aromatic rings. The maximum atomic E-state index is 5.93. The fourth-order valence-corrected chi connectivity index (χ4v) is 3.94. The minimum Gasteiger partial charge on any atom is -0.377 e. The van der Waals surface area contributed by atoms with Crippen molar-refractivity contribution < 1.29 is 9.47 Å². The molecule has 2 fully saturated rings. The molecule has 5 heterocycles. The molecule has 2 aliphatic rings. The van der Waals surface area contributed by atoms with Gasteiger partial charge in [0.2, 0.25) is 0 Å². The third kappa shape index (κ3) is 2.98. The number of aromatic amines is 1. The quantitative estimate of drug-likeness (QED) is 0.766. The summed E-state index contributed by atoms with van der Waals surface area (Å²) in [6.07, 6.45) is 5.02. The van der Waals surface area contributed by atoms with E-state index in [-0.39, 0.29) is 6.23 Å². The van der Waals surface area contributed by atoms with Gasteiger partial charge < -0.3 is 14.4 Å². The fourth-order valence-electron chi connectivity index (χ4n) is 3.94. The molecule has 0 saturated carbocycles. The van der Waals surface area contributed by atoms with E-state index < -0.39 is 0 Å². The molecular formula is C19H24N6O2. The lowest BCUT2D eigenvalue weighted by Crippen LogP contribution is -2.44. The Balaban J connectivity index is 1.54. The summed E-state index contributed by atoms with van der Waals surface area (Å²) in [6.45, 7) is 5.25. The molecule has 0 amide bonds. The Morgan fingerprint density at radius 2 is 2.15 bits per heavy atom. The number of nitrogens with zero attached hydrogens (tertiary/aromatic N) is 5. The standard InChI is InChI=1S/C19H24N6O2/c1-13-12-26-11-9-24(13)16-6-5-14-18(21-16)19(23-22-14)15-7-8-20-25(15)17-4-2-3-10-27-17/h5-8,13,17H,2-4,9-12H2,1H3,(H,22,23)/t13-,17?/m1/s1. The van der Waals surface area contributed by atoms with Crippen LogP contribution in [0.5, 0.6) is 0 Å². The van der Waals surface area contributed by atoms with Crippen molar-refractivity contribution in [3.63, 3.8) is 0 Å². The molecule has 3 aromatic heterocycles. The Hall–Kier alpha value is -2.45. The highest BCUT2D eigenvalue weighted by Crippen LogP contribution is 2.31. The van der Waals surface area contributed by atoms with E-state index in [9.17, 15) is 0 Å². The van der Waals surface area contributed by atoms with E-state index in [1.54, 1.807) is 0 Å². The number of pyridine rings is 1. The van der Waals surface area contributed by atoms with Gasteiger partial charge in [-0.2, -0.15) is 10.2 Å². The highest BCUT2D eigenvalue weighted by Gasteiger charge is 2.24. The summed E-state index contributed by atoms with van der Waals surface area (Å²) in [7, 11) is 0. The van der Waals surface area contributed by atoms with Gasteiger partial charge in [-0.15, -0.1) is 0 Å². The van der Waals surface area contributed by atoms with E-state index >= 15 is 0 Å². The minimum atomic E-state index is -0.0297. The number of ether oxygens (including phenoxy) is 2. The maximum absolute atomic E-state index is 5.93. The number of fused-ring (bicyclic) bond motifs is 1. The zero-order valence-electron chi connectivity index (χ0n) is 15.5. The molecule has 8 nitrogen and oxygen atoms in total. The zero-order chi connectivity index (χ0) is 18.2. The third-order valence-electron chi connectivity index (χ3n) is 5.40. The zero-order valence-corrected chi connectivity index (χ0v) is 15.5. The molecule has 142 valence electrons. The van der Waals surface area contributed by atoms with Crippen LogP contribution in [0.25, 0.3) is 22.4 Å². The SMILES string of the molecule is C[C@@H]1COCCN1c1ccc2[nH]nc(-c3ccnn3C3CCCCO3)c2n1. The van der Waals surface area contributed by atoms with Crippen LogP contribution >= 0.6 is 0 Å². The summed E-state index contributed by atoms with van der Waals surface area (Å²) < 4.78 is 13.4. The third-order valence-corrected chi connectivity index (χ3v) is 5.40. The molecule has 0 bridgehead atoms. The number of nitrogens with one attached hydrogen (secondary N) is 1. The van der Waals surface area contributed by atoms with Crippen LogP contribution in [-0.4, -0.2) is 57.4 Å². The van der Waals surface area contributed by atoms with Crippen LogP contribution in [0.15, 0.2) is 24.4 Å². The molecule has 2 saturated heterocycles. The molecule has 1 N–H and O–H groups in total. The molecule has 0 radical (unpaired) electrons. The van der Waals surface area contributed by atoms with Gasteiger partial charge in [0, 0.05) is 19.3 Å². The summed E-state index contributed by atoms with van der Waals surface area (Å²) in [5.74, 6) is 0.959. The summed E-state index contributed by atoms with van der Waals surface area (Å²) in [5.41, 5.74) is 3.54. The minimum absolute atomic E-state index is 0.0297. The molecule has 0 aliphatic carbocycles. The van der Waals surface area contributed by atoms with E-state index in [1.165, 1.54) is 0 Å². The molecule has 2 aliphatic heterocycles. The van der Waals surface area contributed by atoms with Crippen molar-refractivity contribution in [1.82, 2.24) is 25.0 Å². The molecule has 2 atom stereocenters. The van der Waals surface area contributed by atoms with Gasteiger partial charge in [-0.05, 0) is 44.4 Å². The van der Waals surface area contributed by atoms with Gasteiger partial charge >= 0.3 is 0 Å². The lowest BCUT2D eigenvalue weighted by Gasteiger charge is -2.34. The Kier molecular flexibility index (Phi) is 4.29. The predicted octanol–water partition coefficient (Wildman–Crippen LogP) is 2.75. The molecule has 27 heavy (non-hydrogen) atoms. The van der Waals surface area contributed by atoms with Crippen molar-refractivity contribution in [2.24, 2.45) is 0 Å². The van der Waals surface area contributed by atoms with Gasteiger partial charge in [0.25, 0.3) is 0 Å². The van der Waals surface area contributed by atoms with Crippen molar-refractivity contribution in [3.8, 4) is 11.4 Å². The fraction of sp³-hybridized carbons (Fsp3) is 0.526. The largest absolute Gasteiger partial charge is 0.377 e. The number of anilines is 1. The van der Waals surface area contributed by atoms with E-state index in [0.29, 0.717) is 6.04 Å².